The van der Waals surface area contributed by atoms with Crippen LogP contribution in [0.5, 0.6) is 0 Å². The van der Waals surface area contributed by atoms with Crippen molar-refractivity contribution in [3.05, 3.63) is 0 Å². The van der Waals surface area contributed by atoms with Crippen LogP contribution >= 0.6 is 0 Å². The van der Waals surface area contributed by atoms with Gasteiger partial charge < -0.3 is 19.7 Å². The van der Waals surface area contributed by atoms with Gasteiger partial charge in [0.1, 0.15) is 0 Å². The molecule has 23 heavy (non-hydrogen) atoms. The van der Waals surface area contributed by atoms with Crippen LogP contribution in [0.3, 0.4) is 0 Å². The molecule has 0 aliphatic carbocycles. The van der Waals surface area contributed by atoms with Crippen LogP contribution < -0.4 is 5.32 Å². The minimum absolute atomic E-state index is 0.0481. The number of amides is 2. The highest BCUT2D eigenvalue weighted by molar-refractivity contribution is 7.91. The van der Waals surface area contributed by atoms with Crippen molar-refractivity contribution in [1.29, 1.82) is 0 Å². The second kappa shape index (κ2) is 7.36. The Bertz CT molecular complexity index is 494. The van der Waals surface area contributed by atoms with E-state index in [-0.39, 0.29) is 35.8 Å². The monoisotopic (exact) mass is 346 g/mol. The largest absolute Gasteiger partial charge is 0.376 e. The molecule has 3 atom stereocenters. The van der Waals surface area contributed by atoms with E-state index >= 15 is 0 Å². The molecule has 8 heteroatoms. The van der Waals surface area contributed by atoms with Crippen LogP contribution in [-0.4, -0.2) is 75.4 Å². The van der Waals surface area contributed by atoms with E-state index in [1.54, 1.807) is 4.90 Å². The van der Waals surface area contributed by atoms with Gasteiger partial charge in [-0.3, -0.25) is 0 Å². The number of ether oxygens (including phenoxy) is 2. The number of carbonyl (C=O) groups excluding carboxylic acids is 1. The molecule has 132 valence electrons. The smallest absolute Gasteiger partial charge is 0.317 e. The Morgan fingerprint density at radius 1 is 1.04 bits per heavy atom. The molecular formula is C15H26N2O5S. The predicted octanol–water partition coefficient (Wildman–Crippen LogP) is 0.543. The lowest BCUT2D eigenvalue weighted by Crippen LogP contribution is -2.50. The summed E-state index contributed by atoms with van der Waals surface area (Å²) in [6, 6.07) is -0.470. The molecular weight excluding hydrogens is 320 g/mol. The van der Waals surface area contributed by atoms with Crippen molar-refractivity contribution < 1.29 is 22.7 Å². The summed E-state index contributed by atoms with van der Waals surface area (Å²) in [6.07, 6.45) is 4.65. The molecule has 3 aliphatic rings. The van der Waals surface area contributed by atoms with E-state index in [1.807, 2.05) is 0 Å². The molecule has 0 unspecified atom stereocenters. The molecule has 0 aromatic rings. The van der Waals surface area contributed by atoms with Gasteiger partial charge in [0.05, 0.1) is 23.7 Å². The van der Waals surface area contributed by atoms with Crippen molar-refractivity contribution >= 4 is 15.9 Å². The third-order valence-electron chi connectivity index (χ3n) is 4.74. The van der Waals surface area contributed by atoms with Crippen LogP contribution in [0.25, 0.3) is 0 Å². The molecule has 3 saturated heterocycles. The van der Waals surface area contributed by atoms with Gasteiger partial charge in [-0.1, -0.05) is 0 Å². The Morgan fingerprint density at radius 2 is 1.65 bits per heavy atom. The van der Waals surface area contributed by atoms with E-state index in [0.29, 0.717) is 19.5 Å². The van der Waals surface area contributed by atoms with Crippen molar-refractivity contribution in [1.82, 2.24) is 10.2 Å². The van der Waals surface area contributed by atoms with Crippen LogP contribution in [0.15, 0.2) is 0 Å². The quantitative estimate of drug-likeness (QED) is 0.785. The Kier molecular flexibility index (Phi) is 5.43. The van der Waals surface area contributed by atoms with Gasteiger partial charge >= 0.3 is 6.03 Å². The number of hydrogen-bond donors (Lipinski definition) is 1. The highest BCUT2D eigenvalue weighted by Crippen LogP contribution is 2.18. The highest BCUT2D eigenvalue weighted by atomic mass is 32.2. The normalized spacial score (nSPS) is 33.0. The number of hydrogen-bond acceptors (Lipinski definition) is 5. The number of sulfone groups is 1. The minimum Gasteiger partial charge on any atom is -0.376 e. The van der Waals surface area contributed by atoms with Gasteiger partial charge in [-0.2, -0.15) is 0 Å². The van der Waals surface area contributed by atoms with Crippen molar-refractivity contribution in [2.75, 3.05) is 37.8 Å². The lowest BCUT2D eigenvalue weighted by atomic mass is 10.2. The molecule has 2 amide bonds. The van der Waals surface area contributed by atoms with E-state index < -0.39 is 9.84 Å². The molecule has 0 bridgehead atoms. The first-order valence-corrected chi connectivity index (χ1v) is 10.3. The Balaban J connectivity index is 1.57. The maximum Gasteiger partial charge on any atom is 0.317 e. The molecule has 0 saturated carbocycles. The maximum absolute atomic E-state index is 12.6. The topological polar surface area (TPSA) is 84.9 Å². The van der Waals surface area contributed by atoms with Gasteiger partial charge in [0.2, 0.25) is 0 Å². The standard InChI is InChI=1S/C15H26N2O5S/c18-15(16-12-5-8-23(19,20)11-12)17(9-13-3-1-6-21-13)10-14-4-2-7-22-14/h12-14H,1-11H2,(H,16,18)/t12-,13-,14-/m1/s1. The second-order valence-corrected chi connectivity index (χ2v) is 8.95. The lowest BCUT2D eigenvalue weighted by molar-refractivity contribution is 0.0494. The summed E-state index contributed by atoms with van der Waals surface area (Å²) in [5.41, 5.74) is 0. The average molecular weight is 346 g/mol. The first-order chi connectivity index (χ1) is 11.0. The van der Waals surface area contributed by atoms with E-state index in [1.165, 1.54) is 0 Å². The van der Waals surface area contributed by atoms with Gasteiger partial charge in [0.25, 0.3) is 0 Å². The summed E-state index contributed by atoms with van der Waals surface area (Å²) in [7, 11) is -2.99. The van der Waals surface area contributed by atoms with Gasteiger partial charge in [-0.05, 0) is 32.1 Å². The fourth-order valence-corrected chi connectivity index (χ4v) is 5.16. The van der Waals surface area contributed by atoms with E-state index in [2.05, 4.69) is 5.32 Å². The maximum atomic E-state index is 12.6. The Labute approximate surface area is 137 Å². The molecule has 3 fully saturated rings. The van der Waals surface area contributed by atoms with Gasteiger partial charge in [0, 0.05) is 32.3 Å². The number of carbonyl (C=O) groups is 1. The Hall–Kier alpha value is -0.860. The minimum atomic E-state index is -2.99. The molecule has 0 radical (unpaired) electrons. The van der Waals surface area contributed by atoms with Crippen LogP contribution in [0.1, 0.15) is 32.1 Å². The SMILES string of the molecule is O=C(N[C@@H]1CCS(=O)(=O)C1)N(C[C@H]1CCCO1)C[C@H]1CCCO1. The molecule has 3 rings (SSSR count). The number of urea groups is 1. The fourth-order valence-electron chi connectivity index (χ4n) is 3.48. The third-order valence-corrected chi connectivity index (χ3v) is 6.51. The van der Waals surface area contributed by atoms with Crippen LogP contribution in [0.4, 0.5) is 4.79 Å². The number of nitrogens with one attached hydrogen (secondary N) is 1. The lowest BCUT2D eigenvalue weighted by Gasteiger charge is -2.29. The van der Waals surface area contributed by atoms with Crippen LogP contribution in [-0.2, 0) is 19.3 Å². The molecule has 1 N–H and O–H groups in total. The molecule has 3 heterocycles. The molecule has 0 aromatic carbocycles. The van der Waals surface area contributed by atoms with E-state index in [0.717, 1.165) is 38.9 Å². The van der Waals surface area contributed by atoms with Gasteiger partial charge in [-0.15, -0.1) is 0 Å². The van der Waals surface area contributed by atoms with Crippen molar-refractivity contribution in [3.8, 4) is 0 Å². The highest BCUT2D eigenvalue weighted by Gasteiger charge is 2.32. The summed E-state index contributed by atoms with van der Waals surface area (Å²) in [5, 5.41) is 2.88. The van der Waals surface area contributed by atoms with Crippen molar-refractivity contribution in [3.63, 3.8) is 0 Å². The third kappa shape index (κ3) is 4.81. The fraction of sp³-hybridized carbons (Fsp3) is 0.933. The van der Waals surface area contributed by atoms with E-state index in [9.17, 15) is 13.2 Å². The van der Waals surface area contributed by atoms with Crippen LogP contribution in [0.2, 0.25) is 0 Å². The zero-order chi connectivity index (χ0) is 16.3. The number of nitrogens with zero attached hydrogens (tertiary/aromatic N) is 1. The number of rotatable bonds is 5. The molecule has 3 aliphatic heterocycles. The second-order valence-electron chi connectivity index (χ2n) is 6.72. The zero-order valence-electron chi connectivity index (χ0n) is 13.4. The molecule has 0 aromatic heterocycles. The molecule has 0 spiro atoms. The van der Waals surface area contributed by atoms with Gasteiger partial charge in [-0.25, -0.2) is 13.2 Å². The average Bonchev–Trinajstić information content (AvgIpc) is 3.21. The first kappa shape index (κ1) is 17.0. The first-order valence-electron chi connectivity index (χ1n) is 8.51. The molecule has 7 nitrogen and oxygen atoms in total. The summed E-state index contributed by atoms with van der Waals surface area (Å²) in [5.74, 6) is 0.210. The summed E-state index contributed by atoms with van der Waals surface area (Å²) in [6.45, 7) is 2.60. The van der Waals surface area contributed by atoms with Crippen molar-refractivity contribution in [2.45, 2.75) is 50.4 Å². The Morgan fingerprint density at radius 3 is 2.09 bits per heavy atom. The van der Waals surface area contributed by atoms with Gasteiger partial charge in [0.15, 0.2) is 9.84 Å². The van der Waals surface area contributed by atoms with Crippen LogP contribution in [0, 0.1) is 0 Å². The summed E-state index contributed by atoms with van der Waals surface area (Å²) < 4.78 is 34.4. The summed E-state index contributed by atoms with van der Waals surface area (Å²) in [4.78, 5) is 14.3. The predicted molar refractivity (Wildman–Crippen MR) is 85.1 cm³/mol. The summed E-state index contributed by atoms with van der Waals surface area (Å²) >= 11 is 0. The zero-order valence-corrected chi connectivity index (χ0v) is 14.2. The van der Waals surface area contributed by atoms with Crippen molar-refractivity contribution in [2.24, 2.45) is 0 Å². The van der Waals surface area contributed by atoms with E-state index in [4.69, 9.17) is 9.47 Å².